The maximum absolute atomic E-state index is 5.98. The quantitative estimate of drug-likeness (QED) is 0.617. The van der Waals surface area contributed by atoms with Crippen molar-refractivity contribution in [3.63, 3.8) is 0 Å². The summed E-state index contributed by atoms with van der Waals surface area (Å²) in [5.74, 6) is 0.521. The first-order chi connectivity index (χ1) is 13.8. The number of benzene rings is 1. The predicted octanol–water partition coefficient (Wildman–Crippen LogP) is 5.15. The third kappa shape index (κ3) is 4.51. The van der Waals surface area contributed by atoms with Crippen molar-refractivity contribution in [3.05, 3.63) is 35.5 Å². The van der Waals surface area contributed by atoms with Crippen LogP contribution >= 0.6 is 11.3 Å². The largest absolute Gasteiger partial charge is 0.402 e. The fourth-order valence-electron chi connectivity index (χ4n) is 3.64. The van der Waals surface area contributed by atoms with Gasteiger partial charge in [0.15, 0.2) is 0 Å². The van der Waals surface area contributed by atoms with E-state index in [0.717, 1.165) is 46.8 Å². The van der Waals surface area contributed by atoms with Gasteiger partial charge in [0.1, 0.15) is 9.88 Å². The van der Waals surface area contributed by atoms with E-state index in [1.807, 2.05) is 6.92 Å². The zero-order chi connectivity index (χ0) is 20.6. The molecule has 1 aliphatic rings. The zero-order valence-corrected chi connectivity index (χ0v) is 18.3. The van der Waals surface area contributed by atoms with Crippen LogP contribution in [0.2, 0.25) is 0 Å². The van der Waals surface area contributed by atoms with Gasteiger partial charge in [0.25, 0.3) is 5.89 Å². The molecule has 0 atom stereocenters. The summed E-state index contributed by atoms with van der Waals surface area (Å²) in [4.78, 5) is 5.66. The molecule has 4 rings (SSSR count). The van der Waals surface area contributed by atoms with Gasteiger partial charge in [0.05, 0.1) is 5.69 Å². The van der Waals surface area contributed by atoms with Crippen molar-refractivity contribution in [3.8, 4) is 21.3 Å². The van der Waals surface area contributed by atoms with Crippen molar-refractivity contribution in [1.82, 2.24) is 15.2 Å². The fraction of sp³-hybridized carbons (Fsp3) is 0.500. The Kier molecular flexibility index (Phi) is 5.44. The Labute approximate surface area is 176 Å². The highest BCUT2D eigenvalue weighted by Crippen LogP contribution is 2.36. The standard InChI is InChI=1S/C22H29N5OS/c1-13-18(19-26-27-21(28-19)25-17-11-9-16(23)10-12-17)29-20(24-13)14-5-7-15(8-6-14)22(2,3)4/h5-8,16-17H,9-12,23H2,1-4H3,(H,25,27). The van der Waals surface area contributed by atoms with Crippen molar-refractivity contribution in [1.29, 1.82) is 0 Å². The molecule has 1 aliphatic carbocycles. The minimum Gasteiger partial charge on any atom is -0.402 e. The normalized spacial score (nSPS) is 20.0. The Balaban J connectivity index is 1.50. The molecule has 0 amide bonds. The number of aryl methyl sites for hydroxylation is 1. The smallest absolute Gasteiger partial charge is 0.315 e. The minimum absolute atomic E-state index is 0.138. The molecular formula is C22H29N5OS. The second kappa shape index (κ2) is 7.88. The highest BCUT2D eigenvalue weighted by molar-refractivity contribution is 7.18. The molecule has 0 bridgehead atoms. The molecule has 29 heavy (non-hydrogen) atoms. The average molecular weight is 412 g/mol. The number of rotatable bonds is 4. The minimum atomic E-state index is 0.138. The molecule has 3 N–H and O–H groups in total. The molecule has 2 aromatic heterocycles. The molecule has 0 spiro atoms. The van der Waals surface area contributed by atoms with Crippen LogP contribution in [0.15, 0.2) is 28.7 Å². The molecule has 0 radical (unpaired) electrons. The van der Waals surface area contributed by atoms with Gasteiger partial charge >= 0.3 is 6.01 Å². The average Bonchev–Trinajstić information content (AvgIpc) is 3.29. The van der Waals surface area contributed by atoms with E-state index < -0.39 is 0 Å². The fourth-order valence-corrected chi connectivity index (χ4v) is 4.64. The summed E-state index contributed by atoms with van der Waals surface area (Å²) in [6, 6.07) is 9.77. The highest BCUT2D eigenvalue weighted by Gasteiger charge is 2.22. The van der Waals surface area contributed by atoms with Crippen molar-refractivity contribution in [2.75, 3.05) is 5.32 Å². The van der Waals surface area contributed by atoms with Crippen molar-refractivity contribution in [2.45, 2.75) is 70.9 Å². The third-order valence-corrected chi connectivity index (χ3v) is 6.71. The number of anilines is 1. The number of aromatic nitrogens is 3. The van der Waals surface area contributed by atoms with E-state index in [0.29, 0.717) is 24.0 Å². The topological polar surface area (TPSA) is 89.9 Å². The van der Waals surface area contributed by atoms with Crippen LogP contribution in [-0.2, 0) is 5.41 Å². The van der Waals surface area contributed by atoms with Gasteiger partial charge in [-0.15, -0.1) is 16.4 Å². The van der Waals surface area contributed by atoms with Crippen LogP contribution in [0, 0.1) is 6.92 Å². The Morgan fingerprint density at radius 3 is 2.41 bits per heavy atom. The lowest BCUT2D eigenvalue weighted by Gasteiger charge is -2.25. The summed E-state index contributed by atoms with van der Waals surface area (Å²) >= 11 is 1.59. The van der Waals surface area contributed by atoms with Gasteiger partial charge in [-0.05, 0) is 43.6 Å². The van der Waals surface area contributed by atoms with Crippen LogP contribution in [-0.4, -0.2) is 27.3 Å². The summed E-state index contributed by atoms with van der Waals surface area (Å²) in [5.41, 5.74) is 9.44. The Morgan fingerprint density at radius 2 is 1.76 bits per heavy atom. The van der Waals surface area contributed by atoms with Crippen molar-refractivity contribution >= 4 is 17.4 Å². The molecular weight excluding hydrogens is 382 g/mol. The lowest BCUT2D eigenvalue weighted by molar-refractivity contribution is 0.403. The predicted molar refractivity (Wildman–Crippen MR) is 118 cm³/mol. The first kappa shape index (κ1) is 20.0. The van der Waals surface area contributed by atoms with Crippen LogP contribution in [0.1, 0.15) is 57.7 Å². The Hall–Kier alpha value is -2.25. The molecule has 1 fully saturated rings. The summed E-state index contributed by atoms with van der Waals surface area (Å²) in [6.45, 7) is 8.64. The number of hydrogen-bond donors (Lipinski definition) is 2. The van der Waals surface area contributed by atoms with E-state index in [-0.39, 0.29) is 5.41 Å². The van der Waals surface area contributed by atoms with Crippen LogP contribution in [0.4, 0.5) is 6.01 Å². The van der Waals surface area contributed by atoms with Gasteiger partial charge in [-0.2, -0.15) is 0 Å². The molecule has 0 aliphatic heterocycles. The van der Waals surface area contributed by atoms with E-state index in [9.17, 15) is 0 Å². The van der Waals surface area contributed by atoms with Gasteiger partial charge in [-0.25, -0.2) is 4.98 Å². The lowest BCUT2D eigenvalue weighted by atomic mass is 9.87. The second-order valence-electron chi connectivity index (χ2n) is 8.93. The van der Waals surface area contributed by atoms with Crippen LogP contribution in [0.25, 0.3) is 21.3 Å². The third-order valence-electron chi connectivity index (χ3n) is 5.51. The first-order valence-electron chi connectivity index (χ1n) is 10.2. The second-order valence-corrected chi connectivity index (χ2v) is 9.93. The van der Waals surface area contributed by atoms with Gasteiger partial charge < -0.3 is 15.5 Å². The van der Waals surface area contributed by atoms with Gasteiger partial charge in [0.2, 0.25) is 0 Å². The van der Waals surface area contributed by atoms with Gasteiger partial charge in [0, 0.05) is 17.6 Å². The summed E-state index contributed by atoms with van der Waals surface area (Å²) in [5, 5.41) is 12.8. The van der Waals surface area contributed by atoms with Crippen LogP contribution in [0.3, 0.4) is 0 Å². The Bertz CT molecular complexity index is 962. The molecule has 2 heterocycles. The first-order valence-corrected chi connectivity index (χ1v) is 11.1. The zero-order valence-electron chi connectivity index (χ0n) is 17.5. The van der Waals surface area contributed by atoms with E-state index in [1.54, 1.807) is 11.3 Å². The molecule has 3 aromatic rings. The number of nitrogens with zero attached hydrogens (tertiary/aromatic N) is 3. The molecule has 6 nitrogen and oxygen atoms in total. The molecule has 1 aromatic carbocycles. The van der Waals surface area contributed by atoms with E-state index >= 15 is 0 Å². The van der Waals surface area contributed by atoms with Gasteiger partial charge in [-0.3, -0.25) is 0 Å². The number of nitrogens with two attached hydrogens (primary N) is 1. The molecule has 1 saturated carbocycles. The van der Waals surface area contributed by atoms with Crippen LogP contribution in [0.5, 0.6) is 0 Å². The summed E-state index contributed by atoms with van der Waals surface area (Å²) < 4.78 is 5.90. The molecule has 154 valence electrons. The summed E-state index contributed by atoms with van der Waals surface area (Å²) in [6.07, 6.45) is 4.13. The maximum atomic E-state index is 5.98. The van der Waals surface area contributed by atoms with Crippen LogP contribution < -0.4 is 11.1 Å². The number of hydrogen-bond acceptors (Lipinski definition) is 7. The SMILES string of the molecule is Cc1nc(-c2ccc(C(C)(C)C)cc2)sc1-c1nnc(NC2CCC(N)CC2)o1. The lowest BCUT2D eigenvalue weighted by Crippen LogP contribution is -2.32. The maximum Gasteiger partial charge on any atom is 0.315 e. The number of nitrogens with one attached hydrogen (secondary N) is 1. The monoisotopic (exact) mass is 411 g/mol. The summed E-state index contributed by atoms with van der Waals surface area (Å²) in [7, 11) is 0. The molecule has 0 saturated heterocycles. The number of thiazole rings is 1. The van der Waals surface area contributed by atoms with E-state index in [2.05, 4.69) is 60.6 Å². The van der Waals surface area contributed by atoms with Crippen molar-refractivity contribution in [2.24, 2.45) is 5.73 Å². The van der Waals surface area contributed by atoms with E-state index in [1.165, 1.54) is 5.56 Å². The molecule has 0 unspecified atom stereocenters. The van der Waals surface area contributed by atoms with Gasteiger partial charge in [-0.1, -0.05) is 50.1 Å². The Morgan fingerprint density at radius 1 is 1.07 bits per heavy atom. The highest BCUT2D eigenvalue weighted by atomic mass is 32.1. The molecule has 7 heteroatoms. The van der Waals surface area contributed by atoms with E-state index in [4.69, 9.17) is 15.1 Å². The van der Waals surface area contributed by atoms with Crippen molar-refractivity contribution < 1.29 is 4.42 Å².